The highest BCUT2D eigenvalue weighted by Crippen LogP contribution is 2.26. The summed E-state index contributed by atoms with van der Waals surface area (Å²) in [5.74, 6) is 0.158. The summed E-state index contributed by atoms with van der Waals surface area (Å²) in [6, 6.07) is 8.36. The van der Waals surface area contributed by atoms with Gasteiger partial charge in [-0.3, -0.25) is 4.79 Å². The lowest BCUT2D eigenvalue weighted by atomic mass is 10.1. The predicted molar refractivity (Wildman–Crippen MR) is 85.1 cm³/mol. The van der Waals surface area contributed by atoms with Crippen LogP contribution in [-0.2, 0) is 6.54 Å². The van der Waals surface area contributed by atoms with E-state index in [0.29, 0.717) is 12.6 Å². The maximum Gasteiger partial charge on any atom is 0.254 e. The van der Waals surface area contributed by atoms with Gasteiger partial charge < -0.3 is 10.6 Å². The summed E-state index contributed by atoms with van der Waals surface area (Å²) >= 11 is 0. The van der Waals surface area contributed by atoms with E-state index in [4.69, 9.17) is 5.73 Å². The van der Waals surface area contributed by atoms with Gasteiger partial charge in [0.1, 0.15) is 0 Å². The van der Waals surface area contributed by atoms with Gasteiger partial charge in [-0.05, 0) is 44.4 Å². The normalized spacial score (nSPS) is 15.2. The first kappa shape index (κ1) is 17.0. The number of rotatable bonds is 4. The lowest BCUT2D eigenvalue weighted by molar-refractivity contribution is 0.0613. The fourth-order valence-corrected chi connectivity index (χ4v) is 2.94. The highest BCUT2D eigenvalue weighted by Gasteiger charge is 2.29. The van der Waals surface area contributed by atoms with Gasteiger partial charge in [0.25, 0.3) is 5.91 Å². The van der Waals surface area contributed by atoms with Gasteiger partial charge >= 0.3 is 0 Å². The Balaban J connectivity index is 0.00000200. The van der Waals surface area contributed by atoms with Crippen molar-refractivity contribution in [3.63, 3.8) is 0 Å². The summed E-state index contributed by atoms with van der Waals surface area (Å²) in [6.07, 6.45) is 4.77. The Kier molecular flexibility index (Phi) is 6.50. The van der Waals surface area contributed by atoms with E-state index in [1.54, 1.807) is 0 Å². The van der Waals surface area contributed by atoms with Crippen LogP contribution in [0.2, 0.25) is 0 Å². The van der Waals surface area contributed by atoms with Crippen molar-refractivity contribution in [3.8, 4) is 0 Å². The van der Waals surface area contributed by atoms with Crippen LogP contribution in [0.3, 0.4) is 0 Å². The molecule has 0 spiro atoms. The van der Waals surface area contributed by atoms with E-state index in [9.17, 15) is 4.79 Å². The first-order chi connectivity index (χ1) is 9.13. The van der Waals surface area contributed by atoms with E-state index in [1.807, 2.05) is 24.3 Å². The van der Waals surface area contributed by atoms with Crippen LogP contribution < -0.4 is 5.73 Å². The van der Waals surface area contributed by atoms with Crippen molar-refractivity contribution in [1.82, 2.24) is 4.90 Å². The molecule has 0 unspecified atom stereocenters. The smallest absolute Gasteiger partial charge is 0.254 e. The minimum absolute atomic E-state index is 0. The zero-order valence-corrected chi connectivity index (χ0v) is 13.2. The van der Waals surface area contributed by atoms with Crippen LogP contribution in [0.5, 0.6) is 0 Å². The zero-order chi connectivity index (χ0) is 13.8. The molecule has 1 aliphatic carbocycles. The quantitative estimate of drug-likeness (QED) is 0.926. The second-order valence-corrected chi connectivity index (χ2v) is 5.65. The Bertz CT molecular complexity index is 425. The monoisotopic (exact) mass is 296 g/mol. The number of carbonyl (C=O) groups is 1. The van der Waals surface area contributed by atoms with E-state index in [-0.39, 0.29) is 24.4 Å². The molecule has 112 valence electrons. The third-order valence-corrected chi connectivity index (χ3v) is 3.95. The van der Waals surface area contributed by atoms with E-state index < -0.39 is 0 Å². The molecule has 4 heteroatoms. The van der Waals surface area contributed by atoms with Gasteiger partial charge in [-0.1, -0.05) is 25.0 Å². The van der Waals surface area contributed by atoms with Crippen LogP contribution in [0.15, 0.2) is 24.3 Å². The Hall–Kier alpha value is -1.06. The van der Waals surface area contributed by atoms with Crippen LogP contribution in [0.1, 0.15) is 55.5 Å². The molecule has 3 nitrogen and oxygen atoms in total. The molecule has 1 aromatic carbocycles. The van der Waals surface area contributed by atoms with E-state index >= 15 is 0 Å². The molecular weight excluding hydrogens is 272 g/mol. The molecule has 2 rings (SSSR count). The van der Waals surface area contributed by atoms with Crippen molar-refractivity contribution >= 4 is 18.3 Å². The van der Waals surface area contributed by atoms with Gasteiger partial charge in [-0.25, -0.2) is 0 Å². The number of amides is 1. The topological polar surface area (TPSA) is 46.3 Å². The second kappa shape index (κ2) is 7.65. The number of carbonyl (C=O) groups excluding carboxylic acids is 1. The summed E-state index contributed by atoms with van der Waals surface area (Å²) in [5, 5.41) is 0. The van der Waals surface area contributed by atoms with Gasteiger partial charge in [0.05, 0.1) is 0 Å². The molecule has 2 N–H and O–H groups in total. The van der Waals surface area contributed by atoms with Gasteiger partial charge in [-0.15, -0.1) is 12.4 Å². The Morgan fingerprint density at radius 3 is 2.25 bits per heavy atom. The molecule has 1 saturated carbocycles. The number of hydrogen-bond donors (Lipinski definition) is 1. The summed E-state index contributed by atoms with van der Waals surface area (Å²) in [6.45, 7) is 4.72. The lowest BCUT2D eigenvalue weighted by Gasteiger charge is -2.33. The summed E-state index contributed by atoms with van der Waals surface area (Å²) in [4.78, 5) is 14.7. The van der Waals surface area contributed by atoms with Crippen LogP contribution >= 0.6 is 12.4 Å². The molecule has 0 saturated heterocycles. The number of hydrogen-bond acceptors (Lipinski definition) is 2. The van der Waals surface area contributed by atoms with Crippen molar-refractivity contribution < 1.29 is 4.79 Å². The van der Waals surface area contributed by atoms with E-state index in [0.717, 1.165) is 24.0 Å². The molecular formula is C16H25ClN2O. The molecule has 0 heterocycles. The summed E-state index contributed by atoms with van der Waals surface area (Å²) in [7, 11) is 0. The molecule has 1 aliphatic rings. The molecule has 20 heavy (non-hydrogen) atoms. The minimum Gasteiger partial charge on any atom is -0.333 e. The SMILES string of the molecule is CC(C)N(C(=O)c1ccc(CN)cc1)C1CCCC1.Cl. The number of benzene rings is 1. The molecule has 0 aromatic heterocycles. The average molecular weight is 297 g/mol. The van der Waals surface area contributed by atoms with Crippen LogP contribution in [0.25, 0.3) is 0 Å². The molecule has 0 atom stereocenters. The number of halogens is 1. The predicted octanol–water partition coefficient (Wildman–Crippen LogP) is 3.36. The van der Waals surface area contributed by atoms with Crippen molar-refractivity contribution in [2.24, 2.45) is 5.73 Å². The molecule has 1 fully saturated rings. The van der Waals surface area contributed by atoms with Crippen LogP contribution in [0, 0.1) is 0 Å². The Labute approximate surface area is 127 Å². The van der Waals surface area contributed by atoms with Crippen molar-refractivity contribution in [2.75, 3.05) is 0 Å². The fraction of sp³-hybridized carbons (Fsp3) is 0.562. The van der Waals surface area contributed by atoms with Crippen molar-refractivity contribution in [1.29, 1.82) is 0 Å². The first-order valence-electron chi connectivity index (χ1n) is 7.25. The summed E-state index contributed by atoms with van der Waals surface area (Å²) < 4.78 is 0. The molecule has 0 aliphatic heterocycles. The third-order valence-electron chi connectivity index (χ3n) is 3.95. The van der Waals surface area contributed by atoms with Crippen LogP contribution in [0.4, 0.5) is 0 Å². The minimum atomic E-state index is 0. The largest absolute Gasteiger partial charge is 0.333 e. The van der Waals surface area contributed by atoms with Crippen molar-refractivity contribution in [2.45, 2.75) is 58.2 Å². The molecule has 1 aromatic rings. The van der Waals surface area contributed by atoms with Crippen LogP contribution in [-0.4, -0.2) is 22.9 Å². The maximum absolute atomic E-state index is 12.7. The average Bonchev–Trinajstić information content (AvgIpc) is 2.92. The molecule has 0 radical (unpaired) electrons. The second-order valence-electron chi connectivity index (χ2n) is 5.65. The highest BCUT2D eigenvalue weighted by atomic mass is 35.5. The first-order valence-corrected chi connectivity index (χ1v) is 7.25. The maximum atomic E-state index is 12.7. The van der Waals surface area contributed by atoms with Gasteiger partial charge in [0.15, 0.2) is 0 Å². The molecule has 1 amide bonds. The third kappa shape index (κ3) is 3.74. The van der Waals surface area contributed by atoms with E-state index in [1.165, 1.54) is 12.8 Å². The Morgan fingerprint density at radius 1 is 1.25 bits per heavy atom. The number of nitrogens with two attached hydrogens (primary N) is 1. The Morgan fingerprint density at radius 2 is 1.80 bits per heavy atom. The van der Waals surface area contributed by atoms with Gasteiger partial charge in [0, 0.05) is 24.2 Å². The fourth-order valence-electron chi connectivity index (χ4n) is 2.94. The lowest BCUT2D eigenvalue weighted by Crippen LogP contribution is -2.43. The van der Waals surface area contributed by atoms with Gasteiger partial charge in [0.2, 0.25) is 0 Å². The zero-order valence-electron chi connectivity index (χ0n) is 12.3. The van der Waals surface area contributed by atoms with E-state index in [2.05, 4.69) is 18.7 Å². The number of nitrogens with zero attached hydrogens (tertiary/aromatic N) is 1. The summed E-state index contributed by atoms with van der Waals surface area (Å²) in [5.41, 5.74) is 7.43. The standard InChI is InChI=1S/C16H24N2O.ClH/c1-12(2)18(15-5-3-4-6-15)16(19)14-9-7-13(11-17)8-10-14;/h7-10,12,15H,3-6,11,17H2,1-2H3;1H. The van der Waals surface area contributed by atoms with Crippen molar-refractivity contribution in [3.05, 3.63) is 35.4 Å². The molecule has 0 bridgehead atoms. The highest BCUT2D eigenvalue weighted by molar-refractivity contribution is 5.94. The van der Waals surface area contributed by atoms with Gasteiger partial charge in [-0.2, -0.15) is 0 Å².